The monoisotopic (exact) mass is 391 g/mol. The number of anilines is 1. The number of carbonyl (C=O) groups is 2. The largest absolute Gasteiger partial charge is 0.482 e. The van der Waals surface area contributed by atoms with Crippen LogP contribution in [0.1, 0.15) is 15.9 Å². The summed E-state index contributed by atoms with van der Waals surface area (Å²) in [4.78, 5) is 27.9. The van der Waals surface area contributed by atoms with E-state index < -0.39 is 5.97 Å². The smallest absolute Gasteiger partial charge is 0.343 e. The third kappa shape index (κ3) is 5.18. The Hall–Kier alpha value is -3.71. The highest BCUT2D eigenvalue weighted by Gasteiger charge is 2.12. The molecule has 2 aromatic carbocycles. The van der Waals surface area contributed by atoms with Gasteiger partial charge in [0.1, 0.15) is 5.75 Å². The first kappa shape index (κ1) is 20.0. The number of pyridine rings is 1. The molecule has 3 rings (SSSR count). The molecule has 0 atom stereocenters. The Balaban J connectivity index is 1.87. The molecule has 0 saturated carbocycles. The molecule has 0 unspecified atom stereocenters. The first-order valence-electron chi connectivity index (χ1n) is 8.95. The second-order valence-electron chi connectivity index (χ2n) is 6.16. The highest BCUT2D eigenvalue weighted by Crippen LogP contribution is 2.28. The molecule has 0 aliphatic carbocycles. The Morgan fingerprint density at radius 1 is 1.07 bits per heavy atom. The number of hydrogen-bond donors (Lipinski definition) is 2. The number of carbonyl (C=O) groups excluding carboxylic acids is 2. The van der Waals surface area contributed by atoms with Crippen LogP contribution in [0.25, 0.3) is 11.1 Å². The van der Waals surface area contributed by atoms with E-state index in [4.69, 9.17) is 10.5 Å². The molecule has 1 amide bonds. The van der Waals surface area contributed by atoms with Crippen molar-refractivity contribution in [1.29, 1.82) is 0 Å². The number of aromatic nitrogens is 1. The van der Waals surface area contributed by atoms with Crippen LogP contribution in [-0.4, -0.2) is 30.6 Å². The third-order valence-electron chi connectivity index (χ3n) is 4.26. The van der Waals surface area contributed by atoms with E-state index in [1.54, 1.807) is 48.8 Å². The maximum atomic E-state index is 12.6. The van der Waals surface area contributed by atoms with Gasteiger partial charge in [-0.15, -0.1) is 0 Å². The van der Waals surface area contributed by atoms with Crippen molar-refractivity contribution in [2.24, 2.45) is 5.73 Å². The summed E-state index contributed by atoms with van der Waals surface area (Å²) >= 11 is 0. The number of ether oxygens (including phenoxy) is 2. The number of rotatable bonds is 7. The molecule has 0 saturated heterocycles. The molecule has 0 aliphatic rings. The molecule has 1 aromatic heterocycles. The fourth-order valence-electron chi connectivity index (χ4n) is 2.76. The Morgan fingerprint density at radius 3 is 2.59 bits per heavy atom. The molecule has 29 heavy (non-hydrogen) atoms. The van der Waals surface area contributed by atoms with Crippen molar-refractivity contribution in [1.82, 2.24) is 4.98 Å². The quantitative estimate of drug-likeness (QED) is 0.600. The number of nitrogens with zero attached hydrogens (tertiary/aromatic N) is 1. The number of esters is 1. The van der Waals surface area contributed by atoms with Gasteiger partial charge in [-0.2, -0.15) is 0 Å². The lowest BCUT2D eigenvalue weighted by Crippen LogP contribution is -2.13. The zero-order valence-corrected chi connectivity index (χ0v) is 15.9. The predicted octanol–water partition coefficient (Wildman–Crippen LogP) is 3.01. The molecule has 0 radical (unpaired) electrons. The summed E-state index contributed by atoms with van der Waals surface area (Å²) in [5.41, 5.74) is 9.58. The minimum absolute atomic E-state index is 0.182. The summed E-state index contributed by atoms with van der Waals surface area (Å²) in [6, 6.07) is 16.0. The van der Waals surface area contributed by atoms with E-state index in [0.717, 1.165) is 16.7 Å². The van der Waals surface area contributed by atoms with E-state index in [2.05, 4.69) is 15.0 Å². The number of nitrogens with two attached hydrogens (primary N) is 1. The van der Waals surface area contributed by atoms with Gasteiger partial charge in [-0.3, -0.25) is 9.78 Å². The molecular weight excluding hydrogens is 370 g/mol. The van der Waals surface area contributed by atoms with E-state index in [1.165, 1.54) is 7.11 Å². The van der Waals surface area contributed by atoms with Crippen molar-refractivity contribution in [3.63, 3.8) is 0 Å². The first-order chi connectivity index (χ1) is 14.1. The van der Waals surface area contributed by atoms with Gasteiger partial charge >= 0.3 is 5.97 Å². The normalized spacial score (nSPS) is 10.3. The van der Waals surface area contributed by atoms with E-state index in [9.17, 15) is 9.59 Å². The molecule has 3 aromatic rings. The fourth-order valence-corrected chi connectivity index (χ4v) is 2.76. The lowest BCUT2D eigenvalue weighted by molar-refractivity contribution is -0.142. The molecule has 0 fully saturated rings. The van der Waals surface area contributed by atoms with Crippen molar-refractivity contribution >= 4 is 17.6 Å². The van der Waals surface area contributed by atoms with E-state index in [1.807, 2.05) is 18.2 Å². The van der Waals surface area contributed by atoms with Gasteiger partial charge in [-0.1, -0.05) is 18.2 Å². The zero-order valence-electron chi connectivity index (χ0n) is 15.9. The van der Waals surface area contributed by atoms with E-state index >= 15 is 0 Å². The number of benzene rings is 2. The van der Waals surface area contributed by atoms with Crippen LogP contribution in [0.2, 0.25) is 0 Å². The summed E-state index contributed by atoms with van der Waals surface area (Å²) < 4.78 is 10.0. The second-order valence-corrected chi connectivity index (χ2v) is 6.16. The van der Waals surface area contributed by atoms with Gasteiger partial charge in [0.2, 0.25) is 0 Å². The van der Waals surface area contributed by atoms with Gasteiger partial charge in [0.15, 0.2) is 6.61 Å². The van der Waals surface area contributed by atoms with Crippen LogP contribution in [-0.2, 0) is 16.1 Å². The summed E-state index contributed by atoms with van der Waals surface area (Å²) in [7, 11) is 1.30. The van der Waals surface area contributed by atoms with E-state index in [-0.39, 0.29) is 12.5 Å². The minimum Gasteiger partial charge on any atom is -0.482 e. The second kappa shape index (κ2) is 9.48. The van der Waals surface area contributed by atoms with Crippen LogP contribution in [0.15, 0.2) is 67.0 Å². The van der Waals surface area contributed by atoms with Crippen LogP contribution in [0.4, 0.5) is 5.69 Å². The van der Waals surface area contributed by atoms with Gasteiger partial charge in [0.05, 0.1) is 7.11 Å². The Bertz CT molecular complexity index is 1010. The van der Waals surface area contributed by atoms with Crippen molar-refractivity contribution < 1.29 is 19.1 Å². The number of amides is 1. The molecule has 3 N–H and O–H groups in total. The molecule has 0 spiro atoms. The summed E-state index contributed by atoms with van der Waals surface area (Å²) in [5.74, 6) is -0.186. The average molecular weight is 391 g/mol. The van der Waals surface area contributed by atoms with Crippen molar-refractivity contribution in [3.8, 4) is 16.9 Å². The van der Waals surface area contributed by atoms with Crippen LogP contribution in [0, 0.1) is 0 Å². The predicted molar refractivity (Wildman–Crippen MR) is 109 cm³/mol. The Labute approximate surface area is 168 Å². The van der Waals surface area contributed by atoms with Crippen molar-refractivity contribution in [2.45, 2.75) is 6.54 Å². The van der Waals surface area contributed by atoms with E-state index in [0.29, 0.717) is 23.5 Å². The SMILES string of the molecule is COC(=O)COc1cccc(-c2cc(C(=O)Nc3ccncc3)ccc2CN)c1. The molecule has 0 bridgehead atoms. The maximum absolute atomic E-state index is 12.6. The average Bonchev–Trinajstić information content (AvgIpc) is 2.77. The highest BCUT2D eigenvalue weighted by molar-refractivity contribution is 6.05. The van der Waals surface area contributed by atoms with Gasteiger partial charge in [0.25, 0.3) is 5.91 Å². The maximum Gasteiger partial charge on any atom is 0.343 e. The lowest BCUT2D eigenvalue weighted by Gasteiger charge is -2.13. The highest BCUT2D eigenvalue weighted by atomic mass is 16.6. The topological polar surface area (TPSA) is 104 Å². The van der Waals surface area contributed by atoms with Crippen LogP contribution >= 0.6 is 0 Å². The number of hydrogen-bond acceptors (Lipinski definition) is 6. The molecule has 1 heterocycles. The Morgan fingerprint density at radius 2 is 1.86 bits per heavy atom. The van der Waals surface area contributed by atoms with Gasteiger partial charge in [-0.25, -0.2) is 4.79 Å². The summed E-state index contributed by atoms with van der Waals surface area (Å²) in [5, 5.41) is 2.84. The van der Waals surface area contributed by atoms with Crippen LogP contribution in [0.5, 0.6) is 5.75 Å². The molecule has 0 aliphatic heterocycles. The minimum atomic E-state index is -0.465. The zero-order chi connectivity index (χ0) is 20.6. The molecule has 148 valence electrons. The van der Waals surface area contributed by atoms with Gasteiger partial charge in [-0.05, 0) is 53.1 Å². The standard InChI is InChI=1S/C22H21N3O4/c1-28-21(26)14-29-19-4-2-3-15(11-19)20-12-16(5-6-17(20)13-23)22(27)25-18-7-9-24-10-8-18/h2-12H,13-14,23H2,1H3,(H,24,25,27). The van der Waals surface area contributed by atoms with Gasteiger partial charge < -0.3 is 20.5 Å². The lowest BCUT2D eigenvalue weighted by atomic mass is 9.96. The summed E-state index contributed by atoms with van der Waals surface area (Å²) in [6.45, 7) is 0.132. The van der Waals surface area contributed by atoms with Gasteiger partial charge in [0, 0.05) is 30.2 Å². The van der Waals surface area contributed by atoms with Crippen LogP contribution in [0.3, 0.4) is 0 Å². The number of nitrogens with one attached hydrogen (secondary N) is 1. The number of methoxy groups -OCH3 is 1. The molecular formula is C22H21N3O4. The first-order valence-corrected chi connectivity index (χ1v) is 8.95. The summed E-state index contributed by atoms with van der Waals surface area (Å²) in [6.07, 6.45) is 3.22. The molecule has 7 heteroatoms. The van der Waals surface area contributed by atoms with Crippen molar-refractivity contribution in [2.75, 3.05) is 19.0 Å². The molecule has 7 nitrogen and oxygen atoms in total. The fraction of sp³-hybridized carbons (Fsp3) is 0.136. The van der Waals surface area contributed by atoms with Crippen molar-refractivity contribution in [3.05, 3.63) is 78.1 Å². The third-order valence-corrected chi connectivity index (χ3v) is 4.26. The Kier molecular flexibility index (Phi) is 6.55. The van der Waals surface area contributed by atoms with Crippen LogP contribution < -0.4 is 15.8 Å².